The number of hydrogen-bond acceptors (Lipinski definition) is 7. The molecule has 1 N–H and O–H groups in total. The van der Waals surface area contributed by atoms with Crippen molar-refractivity contribution in [1.29, 1.82) is 0 Å². The van der Waals surface area contributed by atoms with Crippen molar-refractivity contribution in [1.82, 2.24) is 0 Å². The molecule has 0 atom stereocenters. The molecule has 0 bridgehead atoms. The van der Waals surface area contributed by atoms with E-state index >= 15 is 0 Å². The number of aryl methyl sites for hydroxylation is 1. The molecule has 0 amide bonds. The Balaban J connectivity index is 2.61. The van der Waals surface area contributed by atoms with Crippen LogP contribution >= 0.6 is 27.3 Å². The second kappa shape index (κ2) is 7.77. The standard InChI is InChI=1S/C16H16BrNO6S2/c1-8-5-6-11(10(17)7-8)18-26(21,22)16-12(14(19)23-3)9(2)13(25-16)15(20)24-4/h5-7,18H,1-4H3. The smallest absolute Gasteiger partial charge is 0.348 e. The Labute approximate surface area is 163 Å². The highest BCUT2D eigenvalue weighted by Crippen LogP contribution is 2.35. The first-order valence-electron chi connectivity index (χ1n) is 7.21. The van der Waals surface area contributed by atoms with Crippen molar-refractivity contribution in [3.8, 4) is 0 Å². The lowest BCUT2D eigenvalue weighted by atomic mass is 10.2. The van der Waals surface area contributed by atoms with Gasteiger partial charge in [0.15, 0.2) is 4.21 Å². The molecular formula is C16H16BrNO6S2. The molecule has 2 rings (SSSR count). The number of benzene rings is 1. The minimum Gasteiger partial charge on any atom is -0.465 e. The Morgan fingerprint density at radius 1 is 1.12 bits per heavy atom. The number of nitrogens with one attached hydrogen (secondary N) is 1. The van der Waals surface area contributed by atoms with Gasteiger partial charge >= 0.3 is 11.9 Å². The number of ether oxygens (including phenoxy) is 2. The van der Waals surface area contributed by atoms with Gasteiger partial charge in [0.1, 0.15) is 4.88 Å². The largest absolute Gasteiger partial charge is 0.465 e. The van der Waals surface area contributed by atoms with Crippen LogP contribution in [-0.4, -0.2) is 34.6 Å². The Morgan fingerprint density at radius 2 is 1.73 bits per heavy atom. The van der Waals surface area contributed by atoms with Gasteiger partial charge in [-0.05, 0) is 53.0 Å². The molecule has 0 aliphatic heterocycles. The van der Waals surface area contributed by atoms with E-state index in [0.29, 0.717) is 21.5 Å². The van der Waals surface area contributed by atoms with Gasteiger partial charge in [0.25, 0.3) is 10.0 Å². The van der Waals surface area contributed by atoms with Crippen LogP contribution < -0.4 is 4.72 Å². The lowest BCUT2D eigenvalue weighted by Crippen LogP contribution is -2.16. The van der Waals surface area contributed by atoms with Crippen molar-refractivity contribution >= 4 is 54.9 Å². The number of halogens is 1. The Kier molecular flexibility index (Phi) is 6.09. The van der Waals surface area contributed by atoms with E-state index in [0.717, 1.165) is 12.7 Å². The fourth-order valence-corrected chi connectivity index (χ4v) is 5.74. The highest BCUT2D eigenvalue weighted by molar-refractivity contribution is 9.10. The number of methoxy groups -OCH3 is 2. The van der Waals surface area contributed by atoms with E-state index in [4.69, 9.17) is 0 Å². The van der Waals surface area contributed by atoms with E-state index in [-0.39, 0.29) is 20.2 Å². The summed E-state index contributed by atoms with van der Waals surface area (Å²) in [6.07, 6.45) is 0. The highest BCUT2D eigenvalue weighted by Gasteiger charge is 2.33. The predicted molar refractivity (Wildman–Crippen MR) is 101 cm³/mol. The van der Waals surface area contributed by atoms with E-state index < -0.39 is 22.0 Å². The van der Waals surface area contributed by atoms with Crippen molar-refractivity contribution < 1.29 is 27.5 Å². The molecule has 0 aliphatic carbocycles. The average Bonchev–Trinajstić information content (AvgIpc) is 2.94. The summed E-state index contributed by atoms with van der Waals surface area (Å²) in [6.45, 7) is 3.33. The molecule has 26 heavy (non-hydrogen) atoms. The van der Waals surface area contributed by atoms with E-state index in [1.165, 1.54) is 14.0 Å². The number of carbonyl (C=O) groups is 2. The zero-order valence-corrected chi connectivity index (χ0v) is 17.6. The van der Waals surface area contributed by atoms with Crippen LogP contribution in [0.4, 0.5) is 5.69 Å². The first kappa shape index (κ1) is 20.4. The summed E-state index contributed by atoms with van der Waals surface area (Å²) in [7, 11) is -1.84. The number of anilines is 1. The van der Waals surface area contributed by atoms with Gasteiger partial charge in [0, 0.05) is 4.47 Å². The molecule has 7 nitrogen and oxygen atoms in total. The first-order chi connectivity index (χ1) is 12.1. The molecule has 0 aliphatic rings. The maximum atomic E-state index is 12.9. The van der Waals surface area contributed by atoms with Crippen LogP contribution in [-0.2, 0) is 19.5 Å². The van der Waals surface area contributed by atoms with Gasteiger partial charge in [-0.1, -0.05) is 6.07 Å². The summed E-state index contributed by atoms with van der Waals surface area (Å²) in [4.78, 5) is 24.0. The van der Waals surface area contributed by atoms with Gasteiger partial charge in [-0.25, -0.2) is 18.0 Å². The number of rotatable bonds is 5. The van der Waals surface area contributed by atoms with Crippen molar-refractivity contribution in [2.24, 2.45) is 0 Å². The molecule has 10 heteroatoms. The third-order valence-electron chi connectivity index (χ3n) is 3.49. The minimum absolute atomic E-state index is 0.0243. The Bertz CT molecular complexity index is 981. The van der Waals surface area contributed by atoms with Gasteiger partial charge in [-0.3, -0.25) is 4.72 Å². The monoisotopic (exact) mass is 461 g/mol. The van der Waals surface area contributed by atoms with Crippen LogP contribution in [0.5, 0.6) is 0 Å². The molecule has 0 saturated carbocycles. The number of hydrogen-bond donors (Lipinski definition) is 1. The van der Waals surface area contributed by atoms with E-state index in [2.05, 4.69) is 30.1 Å². The van der Waals surface area contributed by atoms with Gasteiger partial charge in [-0.15, -0.1) is 11.3 Å². The molecule has 0 radical (unpaired) electrons. The predicted octanol–water partition coefficient (Wildman–Crippen LogP) is 3.50. The lowest BCUT2D eigenvalue weighted by molar-refractivity contribution is 0.0596. The summed E-state index contributed by atoms with van der Waals surface area (Å²) in [5.41, 5.74) is 1.25. The summed E-state index contributed by atoms with van der Waals surface area (Å²) in [6, 6.07) is 5.08. The van der Waals surface area contributed by atoms with Crippen molar-refractivity contribution in [3.63, 3.8) is 0 Å². The molecule has 1 aromatic carbocycles. The second-order valence-electron chi connectivity index (χ2n) is 5.29. The molecular weight excluding hydrogens is 446 g/mol. The third kappa shape index (κ3) is 3.92. The van der Waals surface area contributed by atoms with Gasteiger partial charge < -0.3 is 9.47 Å². The van der Waals surface area contributed by atoms with Gasteiger partial charge in [0.05, 0.1) is 25.5 Å². The first-order valence-corrected chi connectivity index (χ1v) is 10.3. The zero-order valence-electron chi connectivity index (χ0n) is 14.4. The van der Waals surface area contributed by atoms with Crippen molar-refractivity contribution in [2.75, 3.05) is 18.9 Å². The van der Waals surface area contributed by atoms with Crippen LogP contribution in [0.15, 0.2) is 26.9 Å². The van der Waals surface area contributed by atoms with Crippen LogP contribution in [0.3, 0.4) is 0 Å². The Hall–Kier alpha value is -1.91. The molecule has 140 valence electrons. The highest BCUT2D eigenvalue weighted by atomic mass is 79.9. The number of thiophene rings is 1. The maximum absolute atomic E-state index is 12.9. The SMILES string of the molecule is COC(=O)c1sc(S(=O)(=O)Nc2ccc(C)cc2Br)c(C(=O)OC)c1C. The van der Waals surface area contributed by atoms with Crippen molar-refractivity contribution in [2.45, 2.75) is 18.1 Å². The number of carbonyl (C=O) groups excluding carboxylic acids is 2. The summed E-state index contributed by atoms with van der Waals surface area (Å²) < 4.78 is 37.7. The minimum atomic E-state index is -4.15. The quantitative estimate of drug-likeness (QED) is 0.683. The molecule has 0 fully saturated rings. The van der Waals surface area contributed by atoms with E-state index in [9.17, 15) is 18.0 Å². The number of sulfonamides is 1. The summed E-state index contributed by atoms with van der Waals surface area (Å²) >= 11 is 3.95. The van der Waals surface area contributed by atoms with E-state index in [1.807, 2.05) is 6.92 Å². The fourth-order valence-electron chi connectivity index (χ4n) is 2.20. The van der Waals surface area contributed by atoms with E-state index in [1.54, 1.807) is 18.2 Å². The van der Waals surface area contributed by atoms with Crippen LogP contribution in [0.1, 0.15) is 31.2 Å². The normalized spacial score (nSPS) is 11.1. The van der Waals surface area contributed by atoms with Crippen molar-refractivity contribution in [3.05, 3.63) is 44.2 Å². The van der Waals surface area contributed by atoms with Gasteiger partial charge in [-0.2, -0.15) is 0 Å². The maximum Gasteiger partial charge on any atom is 0.348 e. The van der Waals surface area contributed by atoms with Crippen LogP contribution in [0.2, 0.25) is 0 Å². The third-order valence-corrected chi connectivity index (χ3v) is 7.30. The molecule has 1 aromatic heterocycles. The Morgan fingerprint density at radius 3 is 2.27 bits per heavy atom. The fraction of sp³-hybridized carbons (Fsp3) is 0.250. The molecule has 0 saturated heterocycles. The summed E-state index contributed by atoms with van der Waals surface area (Å²) in [5.74, 6) is -1.58. The van der Waals surface area contributed by atoms with Crippen LogP contribution in [0, 0.1) is 13.8 Å². The van der Waals surface area contributed by atoms with Gasteiger partial charge in [0.2, 0.25) is 0 Å². The zero-order chi connectivity index (χ0) is 19.6. The molecule has 0 unspecified atom stereocenters. The van der Waals surface area contributed by atoms with Crippen LogP contribution in [0.25, 0.3) is 0 Å². The topological polar surface area (TPSA) is 98.8 Å². The molecule has 2 aromatic rings. The lowest BCUT2D eigenvalue weighted by Gasteiger charge is -2.10. The number of esters is 2. The molecule has 0 spiro atoms. The summed E-state index contributed by atoms with van der Waals surface area (Å²) in [5, 5.41) is 0. The molecule has 1 heterocycles. The average molecular weight is 462 g/mol. The second-order valence-corrected chi connectivity index (χ2v) is 9.04.